The minimum atomic E-state index is -5.04. The highest BCUT2D eigenvalue weighted by atomic mass is 19.4. The summed E-state index contributed by atoms with van der Waals surface area (Å²) < 4.78 is 60.9. The zero-order valence-corrected chi connectivity index (χ0v) is 6.12. The van der Waals surface area contributed by atoms with Crippen molar-refractivity contribution in [1.29, 1.82) is 0 Å². The van der Waals surface area contributed by atoms with Gasteiger partial charge in [0.1, 0.15) is 25.0 Å². The maximum atomic E-state index is 12.6. The fraction of sp³-hybridized carbons (Fsp3) is 0.143. The lowest BCUT2D eigenvalue weighted by molar-refractivity contribution is -0.142. The molecule has 0 N–H and O–H groups in total. The summed E-state index contributed by atoms with van der Waals surface area (Å²) in [6.45, 7) is 0. The second-order valence-corrected chi connectivity index (χ2v) is 2.36. The standard InChI is InChI=1S/C7H2BF5/c8-3-1-4(9)6(5(10)2-3)7(11,12)13/h1-2H. The average Bonchev–Trinajstić information content (AvgIpc) is 1.78. The monoisotopic (exact) mass is 192 g/mol. The van der Waals surface area contributed by atoms with Crippen molar-refractivity contribution in [2.45, 2.75) is 6.18 Å². The van der Waals surface area contributed by atoms with E-state index in [0.717, 1.165) is 0 Å². The van der Waals surface area contributed by atoms with Crippen LogP contribution in [0.2, 0.25) is 0 Å². The maximum Gasteiger partial charge on any atom is 0.422 e. The highest BCUT2D eigenvalue weighted by Gasteiger charge is 2.37. The fourth-order valence-corrected chi connectivity index (χ4v) is 0.864. The predicted octanol–water partition coefficient (Wildman–Crippen LogP) is 1.78. The summed E-state index contributed by atoms with van der Waals surface area (Å²) in [6, 6.07) is 0.845. The Bertz CT molecular complexity index is 307. The Hall–Kier alpha value is -1.07. The number of hydrogen-bond donors (Lipinski definition) is 0. The molecule has 2 radical (unpaired) electrons. The molecule has 0 heterocycles. The van der Waals surface area contributed by atoms with Crippen molar-refractivity contribution in [2.75, 3.05) is 0 Å². The molecule has 13 heavy (non-hydrogen) atoms. The molecule has 0 amide bonds. The summed E-state index contributed by atoms with van der Waals surface area (Å²) in [5, 5.41) is 0. The molecule has 1 aromatic carbocycles. The molecule has 0 spiro atoms. The van der Waals surface area contributed by atoms with Gasteiger partial charge in [-0.2, -0.15) is 13.2 Å². The molecule has 1 rings (SSSR count). The van der Waals surface area contributed by atoms with Crippen molar-refractivity contribution in [1.82, 2.24) is 0 Å². The van der Waals surface area contributed by atoms with Crippen LogP contribution < -0.4 is 5.46 Å². The summed E-state index contributed by atoms with van der Waals surface area (Å²) in [7, 11) is 4.92. The first-order chi connectivity index (χ1) is 5.82. The van der Waals surface area contributed by atoms with E-state index in [1.807, 2.05) is 0 Å². The average molecular weight is 192 g/mol. The minimum Gasteiger partial charge on any atom is -0.206 e. The highest BCUT2D eigenvalue weighted by molar-refractivity contribution is 6.32. The smallest absolute Gasteiger partial charge is 0.206 e. The van der Waals surface area contributed by atoms with Crippen molar-refractivity contribution in [3.63, 3.8) is 0 Å². The molecule has 0 aliphatic carbocycles. The van der Waals surface area contributed by atoms with Crippen molar-refractivity contribution >= 4 is 13.3 Å². The van der Waals surface area contributed by atoms with E-state index in [9.17, 15) is 22.0 Å². The molecule has 0 bridgehead atoms. The van der Waals surface area contributed by atoms with Gasteiger partial charge in [-0.1, -0.05) is 5.46 Å². The normalized spacial score (nSPS) is 11.8. The van der Waals surface area contributed by atoms with Gasteiger partial charge in [0.05, 0.1) is 0 Å². The van der Waals surface area contributed by atoms with Crippen LogP contribution in [0.4, 0.5) is 22.0 Å². The summed E-state index contributed by atoms with van der Waals surface area (Å²) in [5.74, 6) is -3.41. The van der Waals surface area contributed by atoms with Crippen LogP contribution >= 0.6 is 0 Å². The van der Waals surface area contributed by atoms with Gasteiger partial charge in [-0.05, 0) is 12.1 Å². The van der Waals surface area contributed by atoms with E-state index in [-0.39, 0.29) is 5.46 Å². The summed E-state index contributed by atoms with van der Waals surface area (Å²) >= 11 is 0. The summed E-state index contributed by atoms with van der Waals surface area (Å²) in [6.07, 6.45) is -5.04. The van der Waals surface area contributed by atoms with Crippen molar-refractivity contribution in [3.8, 4) is 0 Å². The Morgan fingerprint density at radius 2 is 1.38 bits per heavy atom. The maximum absolute atomic E-state index is 12.6. The van der Waals surface area contributed by atoms with Crippen LogP contribution in [0.3, 0.4) is 0 Å². The van der Waals surface area contributed by atoms with E-state index in [0.29, 0.717) is 12.1 Å². The van der Waals surface area contributed by atoms with E-state index < -0.39 is 23.4 Å². The SMILES string of the molecule is [B]c1cc(F)c(C(F)(F)F)c(F)c1. The van der Waals surface area contributed by atoms with Gasteiger partial charge in [0.2, 0.25) is 0 Å². The first-order valence-corrected chi connectivity index (χ1v) is 3.14. The molecule has 68 valence electrons. The van der Waals surface area contributed by atoms with E-state index >= 15 is 0 Å². The van der Waals surface area contributed by atoms with Crippen LogP contribution in [0.1, 0.15) is 5.56 Å². The van der Waals surface area contributed by atoms with Crippen LogP contribution in [0, 0.1) is 11.6 Å². The molecule has 0 aliphatic rings. The lowest BCUT2D eigenvalue weighted by Crippen LogP contribution is -2.16. The second-order valence-electron chi connectivity index (χ2n) is 2.36. The minimum absolute atomic E-state index is 0.386. The number of alkyl halides is 3. The summed E-state index contributed by atoms with van der Waals surface area (Å²) in [5.41, 5.74) is -2.30. The van der Waals surface area contributed by atoms with Gasteiger partial charge in [0.25, 0.3) is 0 Å². The number of hydrogen-bond acceptors (Lipinski definition) is 0. The largest absolute Gasteiger partial charge is 0.422 e. The molecule has 0 aromatic heterocycles. The zero-order chi connectivity index (χ0) is 10.2. The molecule has 0 saturated heterocycles. The summed E-state index contributed by atoms with van der Waals surface area (Å²) in [4.78, 5) is 0. The Balaban J connectivity index is 3.38. The lowest BCUT2D eigenvalue weighted by atomic mass is 9.94. The Labute approximate surface area is 71.8 Å². The van der Waals surface area contributed by atoms with Gasteiger partial charge in [0, 0.05) is 0 Å². The lowest BCUT2D eigenvalue weighted by Gasteiger charge is -2.09. The predicted molar refractivity (Wildman–Crippen MR) is 36.7 cm³/mol. The Morgan fingerprint density at radius 3 is 1.69 bits per heavy atom. The van der Waals surface area contributed by atoms with Gasteiger partial charge >= 0.3 is 6.18 Å². The fourth-order valence-electron chi connectivity index (χ4n) is 0.864. The number of benzene rings is 1. The van der Waals surface area contributed by atoms with Crippen LogP contribution in [0.15, 0.2) is 12.1 Å². The quantitative estimate of drug-likeness (QED) is 0.434. The van der Waals surface area contributed by atoms with Crippen molar-refractivity contribution in [3.05, 3.63) is 29.3 Å². The molecule has 0 aliphatic heterocycles. The number of rotatable bonds is 0. The molecule has 0 saturated carbocycles. The first-order valence-electron chi connectivity index (χ1n) is 3.14. The van der Waals surface area contributed by atoms with Gasteiger partial charge in [-0.3, -0.25) is 0 Å². The van der Waals surface area contributed by atoms with Crippen molar-refractivity contribution in [2.24, 2.45) is 0 Å². The van der Waals surface area contributed by atoms with Gasteiger partial charge in [-0.15, -0.1) is 0 Å². The second kappa shape index (κ2) is 3.01. The van der Waals surface area contributed by atoms with Crippen molar-refractivity contribution < 1.29 is 22.0 Å². The van der Waals surface area contributed by atoms with Gasteiger partial charge in [-0.25, -0.2) is 8.78 Å². The molecule has 6 heteroatoms. The third kappa shape index (κ3) is 1.99. The van der Waals surface area contributed by atoms with Crippen LogP contribution in [-0.4, -0.2) is 7.85 Å². The van der Waals surface area contributed by atoms with Gasteiger partial charge < -0.3 is 0 Å². The van der Waals surface area contributed by atoms with Crippen LogP contribution in [-0.2, 0) is 6.18 Å². The van der Waals surface area contributed by atoms with E-state index in [1.165, 1.54) is 0 Å². The Kier molecular flexibility index (Phi) is 2.32. The molecule has 0 atom stereocenters. The molecular formula is C7H2BF5. The molecule has 1 aromatic rings. The molecule has 0 unspecified atom stereocenters. The van der Waals surface area contributed by atoms with E-state index in [2.05, 4.69) is 0 Å². The Morgan fingerprint density at radius 1 is 1.00 bits per heavy atom. The molecule has 0 nitrogen and oxygen atoms in total. The van der Waals surface area contributed by atoms with E-state index in [4.69, 9.17) is 7.85 Å². The third-order valence-corrected chi connectivity index (χ3v) is 1.35. The topological polar surface area (TPSA) is 0 Å². The number of halogens is 5. The highest BCUT2D eigenvalue weighted by Crippen LogP contribution is 2.32. The van der Waals surface area contributed by atoms with E-state index in [1.54, 1.807) is 0 Å². The molecular weight excluding hydrogens is 190 g/mol. The third-order valence-electron chi connectivity index (χ3n) is 1.35. The van der Waals surface area contributed by atoms with Crippen LogP contribution in [0.25, 0.3) is 0 Å². The van der Waals surface area contributed by atoms with Gasteiger partial charge in [0.15, 0.2) is 0 Å². The van der Waals surface area contributed by atoms with Crippen LogP contribution in [0.5, 0.6) is 0 Å². The molecule has 0 fully saturated rings. The first kappa shape index (κ1) is 10.0. The zero-order valence-electron chi connectivity index (χ0n) is 6.12.